The van der Waals surface area contributed by atoms with Crippen LogP contribution < -0.4 is 5.32 Å². The zero-order chi connectivity index (χ0) is 12.2. The third-order valence-corrected chi connectivity index (χ3v) is 4.75. The van der Waals surface area contributed by atoms with E-state index >= 15 is 0 Å². The van der Waals surface area contributed by atoms with Crippen LogP contribution in [0.1, 0.15) is 39.5 Å². The zero-order valence-corrected chi connectivity index (χ0v) is 10.6. The predicted molar refractivity (Wildman–Crippen MR) is 68.1 cm³/mol. The number of allylic oxidation sites excluding steroid dienone is 3. The average Bonchev–Trinajstić information content (AvgIpc) is 2.52. The molecule has 2 aliphatic carbocycles. The minimum absolute atomic E-state index is 0.0825. The van der Waals surface area contributed by atoms with Crippen molar-refractivity contribution in [3.8, 4) is 0 Å². The first-order valence-electron chi connectivity index (χ1n) is 6.43. The van der Waals surface area contributed by atoms with Gasteiger partial charge in [0.2, 0.25) is 0 Å². The van der Waals surface area contributed by atoms with E-state index in [1.165, 1.54) is 24.0 Å². The molecule has 2 nitrogen and oxygen atoms in total. The van der Waals surface area contributed by atoms with E-state index in [2.05, 4.69) is 24.9 Å². The van der Waals surface area contributed by atoms with Gasteiger partial charge in [-0.05, 0) is 49.5 Å². The molecule has 17 heavy (non-hydrogen) atoms. The summed E-state index contributed by atoms with van der Waals surface area (Å²) in [5, 5.41) is 3.00. The number of carbonyl (C=O) groups excluding carboxylic acids is 1. The van der Waals surface area contributed by atoms with E-state index in [0.29, 0.717) is 5.92 Å². The highest BCUT2D eigenvalue weighted by molar-refractivity contribution is 5.99. The normalized spacial score (nSPS) is 36.4. The molecule has 1 fully saturated rings. The van der Waals surface area contributed by atoms with Gasteiger partial charge in [-0.25, -0.2) is 0 Å². The van der Waals surface area contributed by atoms with E-state index in [4.69, 9.17) is 0 Å². The van der Waals surface area contributed by atoms with Crippen molar-refractivity contribution < 1.29 is 4.79 Å². The molecule has 3 aliphatic rings. The Morgan fingerprint density at radius 3 is 3.06 bits per heavy atom. The average molecular weight is 229 g/mol. The quantitative estimate of drug-likeness (QED) is 0.635. The minimum Gasteiger partial charge on any atom is -0.322 e. The molecule has 0 saturated heterocycles. The lowest BCUT2D eigenvalue weighted by atomic mass is 9.60. The first-order chi connectivity index (χ1) is 8.01. The van der Waals surface area contributed by atoms with Crippen LogP contribution in [-0.2, 0) is 4.79 Å². The molecule has 2 heteroatoms. The van der Waals surface area contributed by atoms with Crippen LogP contribution in [0.5, 0.6) is 0 Å². The highest BCUT2D eigenvalue weighted by Gasteiger charge is 2.43. The summed E-state index contributed by atoms with van der Waals surface area (Å²) in [5.41, 5.74) is 4.76. The molecule has 90 valence electrons. The molecule has 1 saturated carbocycles. The summed E-state index contributed by atoms with van der Waals surface area (Å²) in [6, 6.07) is 0. The Balaban J connectivity index is 2.09. The minimum atomic E-state index is 0.0825. The van der Waals surface area contributed by atoms with Gasteiger partial charge in [-0.2, -0.15) is 0 Å². The summed E-state index contributed by atoms with van der Waals surface area (Å²) >= 11 is 0. The molecule has 0 bridgehead atoms. The molecule has 1 amide bonds. The van der Waals surface area contributed by atoms with E-state index in [0.717, 1.165) is 24.1 Å². The molecule has 0 aromatic rings. The van der Waals surface area contributed by atoms with Gasteiger partial charge in [-0.3, -0.25) is 4.79 Å². The van der Waals surface area contributed by atoms with Crippen LogP contribution in [0.2, 0.25) is 0 Å². The van der Waals surface area contributed by atoms with Gasteiger partial charge in [-0.1, -0.05) is 25.2 Å². The van der Waals surface area contributed by atoms with Gasteiger partial charge in [-0.15, -0.1) is 0 Å². The highest BCUT2D eigenvalue weighted by Crippen LogP contribution is 2.52. The number of rotatable bonds is 0. The van der Waals surface area contributed by atoms with E-state index in [1.807, 2.05) is 6.92 Å². The van der Waals surface area contributed by atoms with Crippen molar-refractivity contribution >= 4 is 5.91 Å². The standard InChI is InChI=1S/C15H19NO/c1-9-5-4-6-15(3)8-13-11(7-12(9)15)10(2)14(17)16-13/h8,12H,1,4-7H2,2-3H3,(H,16,17). The van der Waals surface area contributed by atoms with Gasteiger partial charge in [0.15, 0.2) is 0 Å². The maximum atomic E-state index is 11.7. The summed E-state index contributed by atoms with van der Waals surface area (Å²) in [4.78, 5) is 11.7. The van der Waals surface area contributed by atoms with Crippen molar-refractivity contribution in [1.82, 2.24) is 5.32 Å². The summed E-state index contributed by atoms with van der Waals surface area (Å²) in [6.07, 6.45) is 6.86. The maximum Gasteiger partial charge on any atom is 0.251 e. The Bertz CT molecular complexity index is 483. The molecule has 0 spiro atoms. The third kappa shape index (κ3) is 1.43. The number of hydrogen-bond acceptors (Lipinski definition) is 1. The fourth-order valence-corrected chi connectivity index (χ4v) is 3.61. The van der Waals surface area contributed by atoms with Gasteiger partial charge >= 0.3 is 0 Å². The maximum absolute atomic E-state index is 11.7. The summed E-state index contributed by atoms with van der Waals surface area (Å²) in [6.45, 7) is 8.49. The van der Waals surface area contributed by atoms with E-state index in [9.17, 15) is 4.79 Å². The Labute approximate surface area is 102 Å². The third-order valence-electron chi connectivity index (χ3n) is 4.75. The first-order valence-corrected chi connectivity index (χ1v) is 6.43. The van der Waals surface area contributed by atoms with Crippen molar-refractivity contribution in [2.75, 3.05) is 0 Å². The van der Waals surface area contributed by atoms with Crippen LogP contribution in [0.25, 0.3) is 0 Å². The second kappa shape index (κ2) is 3.34. The molecule has 2 unspecified atom stereocenters. The number of hydrogen-bond donors (Lipinski definition) is 1. The molecule has 1 N–H and O–H groups in total. The molecule has 2 atom stereocenters. The predicted octanol–water partition coefficient (Wildman–Crippen LogP) is 3.08. The van der Waals surface area contributed by atoms with E-state index in [-0.39, 0.29) is 11.3 Å². The fourth-order valence-electron chi connectivity index (χ4n) is 3.61. The molecular weight excluding hydrogens is 210 g/mol. The van der Waals surface area contributed by atoms with Crippen LogP contribution in [0.3, 0.4) is 0 Å². The van der Waals surface area contributed by atoms with E-state index in [1.54, 1.807) is 0 Å². The molecule has 0 aromatic carbocycles. The van der Waals surface area contributed by atoms with Crippen LogP contribution in [0, 0.1) is 11.3 Å². The Morgan fingerprint density at radius 2 is 2.29 bits per heavy atom. The second-order valence-corrected chi connectivity index (χ2v) is 5.89. The molecule has 1 heterocycles. The highest BCUT2D eigenvalue weighted by atomic mass is 16.1. The summed E-state index contributed by atoms with van der Waals surface area (Å²) in [7, 11) is 0. The Morgan fingerprint density at radius 1 is 1.53 bits per heavy atom. The lowest BCUT2D eigenvalue weighted by Gasteiger charge is -2.44. The van der Waals surface area contributed by atoms with Crippen molar-refractivity contribution in [2.24, 2.45) is 11.3 Å². The van der Waals surface area contributed by atoms with Gasteiger partial charge < -0.3 is 5.32 Å². The summed E-state index contributed by atoms with van der Waals surface area (Å²) < 4.78 is 0. The second-order valence-electron chi connectivity index (χ2n) is 5.89. The monoisotopic (exact) mass is 229 g/mol. The number of fused-ring (bicyclic) bond motifs is 2. The van der Waals surface area contributed by atoms with Gasteiger partial charge in [0, 0.05) is 11.3 Å². The van der Waals surface area contributed by atoms with Gasteiger partial charge in [0.1, 0.15) is 0 Å². The Hall–Kier alpha value is -1.31. The van der Waals surface area contributed by atoms with Crippen molar-refractivity contribution in [2.45, 2.75) is 39.5 Å². The van der Waals surface area contributed by atoms with Crippen molar-refractivity contribution in [1.29, 1.82) is 0 Å². The number of nitrogens with one attached hydrogen (secondary N) is 1. The van der Waals surface area contributed by atoms with Crippen LogP contribution in [0.4, 0.5) is 0 Å². The smallest absolute Gasteiger partial charge is 0.251 e. The van der Waals surface area contributed by atoms with Crippen molar-refractivity contribution in [3.63, 3.8) is 0 Å². The molecular formula is C15H19NO. The lowest BCUT2D eigenvalue weighted by molar-refractivity contribution is -0.116. The Kier molecular flexibility index (Phi) is 2.13. The topological polar surface area (TPSA) is 29.1 Å². The summed E-state index contributed by atoms with van der Waals surface area (Å²) in [5.74, 6) is 0.608. The molecule has 3 rings (SSSR count). The molecule has 0 aromatic heterocycles. The largest absolute Gasteiger partial charge is 0.322 e. The van der Waals surface area contributed by atoms with Crippen molar-refractivity contribution in [3.05, 3.63) is 35.1 Å². The molecule has 1 aliphatic heterocycles. The van der Waals surface area contributed by atoms with Gasteiger partial charge in [0.05, 0.1) is 0 Å². The van der Waals surface area contributed by atoms with Gasteiger partial charge in [0.25, 0.3) is 5.91 Å². The number of amides is 1. The van der Waals surface area contributed by atoms with Crippen LogP contribution in [0.15, 0.2) is 35.1 Å². The SMILES string of the molecule is C=C1CCCC2(C)C=C3NC(=O)C(C)=C3CC12. The van der Waals surface area contributed by atoms with E-state index < -0.39 is 0 Å². The first kappa shape index (κ1) is 10.8. The number of carbonyl (C=O) groups is 1. The lowest BCUT2D eigenvalue weighted by Crippen LogP contribution is -2.35. The zero-order valence-electron chi connectivity index (χ0n) is 10.6. The molecule has 0 radical (unpaired) electrons. The van der Waals surface area contributed by atoms with Crippen LogP contribution in [-0.4, -0.2) is 5.91 Å². The fraction of sp³-hybridized carbons (Fsp3) is 0.533. The van der Waals surface area contributed by atoms with Crippen LogP contribution >= 0.6 is 0 Å².